The zero-order valence-electron chi connectivity index (χ0n) is 19.9. The largest absolute Gasteiger partial charge is 0.467 e. The fraction of sp³-hybridized carbons (Fsp3) is 0.333. The van der Waals surface area contributed by atoms with Gasteiger partial charge in [-0.1, -0.05) is 49.4 Å². The molecule has 0 aliphatic heterocycles. The molecule has 0 aliphatic rings. The minimum absolute atomic E-state index is 0.0578. The van der Waals surface area contributed by atoms with Crippen LogP contribution in [0, 0.1) is 0 Å². The molecule has 34 heavy (non-hydrogen) atoms. The third-order valence-electron chi connectivity index (χ3n) is 5.58. The Morgan fingerprint density at radius 3 is 2.32 bits per heavy atom. The molecule has 0 saturated carbocycles. The van der Waals surface area contributed by atoms with Crippen molar-refractivity contribution in [2.24, 2.45) is 0 Å². The van der Waals surface area contributed by atoms with E-state index in [0.717, 1.165) is 12.0 Å². The molecule has 3 rings (SSSR count). The molecule has 3 aromatic rings. The van der Waals surface area contributed by atoms with E-state index < -0.39 is 0 Å². The van der Waals surface area contributed by atoms with Crippen molar-refractivity contribution < 1.29 is 18.7 Å². The Hall–Kier alpha value is -3.58. The Kier molecular flexibility index (Phi) is 9.73. The van der Waals surface area contributed by atoms with Crippen molar-refractivity contribution in [1.29, 1.82) is 0 Å². The molecule has 3 amide bonds. The van der Waals surface area contributed by atoms with Crippen molar-refractivity contribution in [3.63, 3.8) is 0 Å². The van der Waals surface area contributed by atoms with Crippen LogP contribution in [0.5, 0.6) is 0 Å². The van der Waals surface area contributed by atoms with Crippen LogP contribution in [0.3, 0.4) is 0 Å². The maximum atomic E-state index is 13.3. The van der Waals surface area contributed by atoms with Crippen LogP contribution in [0.4, 0.5) is 10.5 Å². The second-order valence-electron chi connectivity index (χ2n) is 8.03. The predicted octanol–water partition coefficient (Wildman–Crippen LogP) is 4.59. The lowest BCUT2D eigenvalue weighted by Crippen LogP contribution is -2.46. The summed E-state index contributed by atoms with van der Waals surface area (Å²) in [5.41, 5.74) is 3.02. The van der Waals surface area contributed by atoms with Gasteiger partial charge in [0.25, 0.3) is 0 Å². The Morgan fingerprint density at radius 2 is 1.68 bits per heavy atom. The van der Waals surface area contributed by atoms with Gasteiger partial charge in [0.15, 0.2) is 0 Å². The van der Waals surface area contributed by atoms with E-state index >= 15 is 0 Å². The lowest BCUT2D eigenvalue weighted by Gasteiger charge is -2.27. The number of hydrogen-bond acceptors (Lipinski definition) is 4. The van der Waals surface area contributed by atoms with Crippen molar-refractivity contribution in [1.82, 2.24) is 9.80 Å². The number of anilines is 1. The summed E-state index contributed by atoms with van der Waals surface area (Å²) in [4.78, 5) is 29.5. The molecule has 2 aromatic carbocycles. The molecule has 7 nitrogen and oxygen atoms in total. The molecule has 1 N–H and O–H groups in total. The molecule has 0 bridgehead atoms. The van der Waals surface area contributed by atoms with Crippen molar-refractivity contribution >= 4 is 17.6 Å². The first-order valence-electron chi connectivity index (χ1n) is 11.6. The molecule has 180 valence electrons. The van der Waals surface area contributed by atoms with Gasteiger partial charge in [0, 0.05) is 25.9 Å². The number of carbonyl (C=O) groups is 2. The average molecular weight is 464 g/mol. The number of carbonyl (C=O) groups excluding carboxylic acids is 2. The van der Waals surface area contributed by atoms with Gasteiger partial charge in [0.2, 0.25) is 5.91 Å². The topological polar surface area (TPSA) is 75.0 Å². The van der Waals surface area contributed by atoms with Crippen LogP contribution < -0.4 is 5.32 Å². The number of ether oxygens (including phenoxy) is 1. The van der Waals surface area contributed by atoms with Crippen molar-refractivity contribution in [3.05, 3.63) is 89.9 Å². The highest BCUT2D eigenvalue weighted by Crippen LogP contribution is 2.12. The standard InChI is InChI=1S/C27H33N3O4/c1-3-22-11-13-24(14-12-22)28-27(32)30(17-19-33-2)21-26(31)29(20-25-10-7-18-34-25)16-15-23-8-5-4-6-9-23/h4-14,18H,3,15-17,19-21H2,1-2H3,(H,28,32). The first-order chi connectivity index (χ1) is 16.6. The maximum Gasteiger partial charge on any atom is 0.322 e. The van der Waals surface area contributed by atoms with Gasteiger partial charge in [0.1, 0.15) is 12.3 Å². The number of aryl methyl sites for hydroxylation is 1. The summed E-state index contributed by atoms with van der Waals surface area (Å²) in [7, 11) is 1.57. The predicted molar refractivity (Wildman–Crippen MR) is 133 cm³/mol. The summed E-state index contributed by atoms with van der Waals surface area (Å²) in [5, 5.41) is 2.89. The van der Waals surface area contributed by atoms with Gasteiger partial charge in [0.05, 0.1) is 19.4 Å². The lowest BCUT2D eigenvalue weighted by molar-refractivity contribution is -0.132. The first kappa shape index (κ1) is 25.1. The van der Waals surface area contributed by atoms with E-state index in [2.05, 4.69) is 12.2 Å². The van der Waals surface area contributed by atoms with E-state index in [9.17, 15) is 9.59 Å². The highest BCUT2D eigenvalue weighted by molar-refractivity contribution is 5.92. The van der Waals surface area contributed by atoms with Gasteiger partial charge >= 0.3 is 6.03 Å². The maximum absolute atomic E-state index is 13.3. The molecule has 0 saturated heterocycles. The van der Waals surface area contributed by atoms with E-state index in [1.165, 1.54) is 10.5 Å². The number of nitrogens with one attached hydrogen (secondary N) is 1. The fourth-order valence-corrected chi connectivity index (χ4v) is 3.53. The molecular weight excluding hydrogens is 430 g/mol. The fourth-order valence-electron chi connectivity index (χ4n) is 3.53. The number of hydrogen-bond donors (Lipinski definition) is 1. The Balaban J connectivity index is 1.68. The second-order valence-corrected chi connectivity index (χ2v) is 8.03. The Morgan fingerprint density at radius 1 is 0.912 bits per heavy atom. The van der Waals surface area contributed by atoms with Crippen LogP contribution in [-0.4, -0.2) is 55.1 Å². The quantitative estimate of drug-likeness (QED) is 0.426. The highest BCUT2D eigenvalue weighted by atomic mass is 16.5. The van der Waals surface area contributed by atoms with Crippen molar-refractivity contribution in [2.45, 2.75) is 26.3 Å². The van der Waals surface area contributed by atoms with Crippen molar-refractivity contribution in [3.8, 4) is 0 Å². The van der Waals surface area contributed by atoms with Crippen LogP contribution in [0.25, 0.3) is 0 Å². The molecule has 0 spiro atoms. The van der Waals surface area contributed by atoms with E-state index in [0.29, 0.717) is 44.1 Å². The molecule has 0 aliphatic carbocycles. The molecule has 0 unspecified atom stereocenters. The molecule has 0 radical (unpaired) electrons. The number of methoxy groups -OCH3 is 1. The van der Waals surface area contributed by atoms with E-state index in [1.54, 1.807) is 24.3 Å². The summed E-state index contributed by atoms with van der Waals surface area (Å²) >= 11 is 0. The van der Waals surface area contributed by atoms with Gasteiger partial charge in [-0.2, -0.15) is 0 Å². The third-order valence-corrected chi connectivity index (χ3v) is 5.58. The molecular formula is C27H33N3O4. The Bertz CT molecular complexity index is 1000. The molecule has 0 fully saturated rings. The Labute approximate surface area is 201 Å². The molecule has 1 aromatic heterocycles. The smallest absolute Gasteiger partial charge is 0.322 e. The van der Waals surface area contributed by atoms with Crippen LogP contribution in [0.1, 0.15) is 23.8 Å². The van der Waals surface area contributed by atoms with Gasteiger partial charge in [-0.15, -0.1) is 0 Å². The first-order valence-corrected chi connectivity index (χ1v) is 11.6. The van der Waals surface area contributed by atoms with Crippen LogP contribution >= 0.6 is 0 Å². The van der Waals surface area contributed by atoms with E-state index in [1.807, 2.05) is 60.7 Å². The zero-order chi connectivity index (χ0) is 24.2. The summed E-state index contributed by atoms with van der Waals surface area (Å²) in [6.07, 6.45) is 3.23. The molecule has 0 atom stereocenters. The summed E-state index contributed by atoms with van der Waals surface area (Å²) in [6, 6.07) is 21.0. The molecule has 1 heterocycles. The van der Waals surface area contributed by atoms with Gasteiger partial charge in [-0.3, -0.25) is 4.79 Å². The van der Waals surface area contributed by atoms with Gasteiger partial charge in [-0.25, -0.2) is 4.79 Å². The van der Waals surface area contributed by atoms with Gasteiger partial charge < -0.3 is 24.3 Å². The molecule has 7 heteroatoms. The minimum atomic E-state index is -0.337. The monoisotopic (exact) mass is 463 g/mol. The van der Waals surface area contributed by atoms with Crippen molar-refractivity contribution in [2.75, 3.05) is 38.7 Å². The summed E-state index contributed by atoms with van der Waals surface area (Å²) in [5.74, 6) is 0.547. The number of rotatable bonds is 12. The average Bonchev–Trinajstić information content (AvgIpc) is 3.38. The number of urea groups is 1. The summed E-state index contributed by atoms with van der Waals surface area (Å²) in [6.45, 7) is 3.51. The highest BCUT2D eigenvalue weighted by Gasteiger charge is 2.22. The summed E-state index contributed by atoms with van der Waals surface area (Å²) < 4.78 is 10.6. The number of nitrogens with zero attached hydrogens (tertiary/aromatic N) is 2. The van der Waals surface area contributed by atoms with Crippen LogP contribution in [0.2, 0.25) is 0 Å². The number of benzene rings is 2. The van der Waals surface area contributed by atoms with E-state index in [4.69, 9.17) is 9.15 Å². The number of furan rings is 1. The number of amides is 3. The van der Waals surface area contributed by atoms with Gasteiger partial charge in [-0.05, 0) is 48.2 Å². The van der Waals surface area contributed by atoms with Crippen LogP contribution in [-0.2, 0) is 28.9 Å². The van der Waals surface area contributed by atoms with E-state index in [-0.39, 0.29) is 18.5 Å². The normalized spacial score (nSPS) is 10.6. The third kappa shape index (κ3) is 7.78. The second kappa shape index (κ2) is 13.2. The van der Waals surface area contributed by atoms with Crippen LogP contribution in [0.15, 0.2) is 77.4 Å². The lowest BCUT2D eigenvalue weighted by atomic mass is 10.1. The zero-order valence-corrected chi connectivity index (χ0v) is 19.9. The minimum Gasteiger partial charge on any atom is -0.467 e. The SMILES string of the molecule is CCc1ccc(NC(=O)N(CCOC)CC(=O)N(CCc2ccccc2)Cc2ccco2)cc1.